The number of benzene rings is 1. The maximum Gasteiger partial charge on any atom is 0.336 e. The molecule has 0 radical (unpaired) electrons. The molecule has 0 aromatic heterocycles. The first-order valence-corrected chi connectivity index (χ1v) is 4.12. The standard InChI is InChI=1S/C8H4Cl2O4/c9-5-1-3(7(11)12)4(8(13)14)2-6(5)10/h1-2H,(H,11,12)(H,13,14)/p-1. The van der Waals surface area contributed by atoms with Gasteiger partial charge >= 0.3 is 5.97 Å². The highest BCUT2D eigenvalue weighted by atomic mass is 35.5. The van der Waals surface area contributed by atoms with E-state index in [-0.39, 0.29) is 10.0 Å². The fourth-order valence-corrected chi connectivity index (χ4v) is 1.22. The van der Waals surface area contributed by atoms with Crippen LogP contribution in [0.2, 0.25) is 10.0 Å². The van der Waals surface area contributed by atoms with E-state index in [1.54, 1.807) is 0 Å². The summed E-state index contributed by atoms with van der Waals surface area (Å²) in [6.45, 7) is 0. The molecule has 0 aliphatic heterocycles. The summed E-state index contributed by atoms with van der Waals surface area (Å²) in [6.07, 6.45) is 0. The summed E-state index contributed by atoms with van der Waals surface area (Å²) in [5.41, 5.74) is -0.939. The van der Waals surface area contributed by atoms with Crippen molar-refractivity contribution in [1.82, 2.24) is 0 Å². The van der Waals surface area contributed by atoms with Crippen LogP contribution in [0.3, 0.4) is 0 Å². The van der Waals surface area contributed by atoms with Crippen LogP contribution in [0.5, 0.6) is 0 Å². The third kappa shape index (κ3) is 1.97. The second-order valence-corrected chi connectivity index (χ2v) is 3.22. The minimum Gasteiger partial charge on any atom is -0.545 e. The highest BCUT2D eigenvalue weighted by molar-refractivity contribution is 6.42. The second kappa shape index (κ2) is 3.86. The Bertz CT molecular complexity index is 375. The van der Waals surface area contributed by atoms with Crippen LogP contribution in [-0.2, 0) is 0 Å². The molecule has 0 aliphatic rings. The van der Waals surface area contributed by atoms with Gasteiger partial charge in [0.25, 0.3) is 0 Å². The largest absolute Gasteiger partial charge is 0.545 e. The predicted molar refractivity (Wildman–Crippen MR) is 47.8 cm³/mol. The van der Waals surface area contributed by atoms with E-state index in [4.69, 9.17) is 28.3 Å². The van der Waals surface area contributed by atoms with Crippen molar-refractivity contribution in [2.45, 2.75) is 0 Å². The number of rotatable bonds is 2. The lowest BCUT2D eigenvalue weighted by molar-refractivity contribution is -0.255. The number of carbonyl (C=O) groups is 2. The molecule has 1 aromatic carbocycles. The van der Waals surface area contributed by atoms with Crippen LogP contribution < -0.4 is 5.11 Å². The van der Waals surface area contributed by atoms with Crippen LogP contribution in [0.25, 0.3) is 0 Å². The monoisotopic (exact) mass is 233 g/mol. The molecular formula is C8H3Cl2O4-. The molecular weight excluding hydrogens is 231 g/mol. The average Bonchev–Trinajstić information content (AvgIpc) is 2.08. The zero-order valence-corrected chi connectivity index (χ0v) is 8.09. The van der Waals surface area contributed by atoms with Crippen LogP contribution in [0, 0.1) is 0 Å². The van der Waals surface area contributed by atoms with Gasteiger partial charge in [0, 0.05) is 5.56 Å². The Morgan fingerprint density at radius 2 is 1.57 bits per heavy atom. The molecule has 0 fully saturated rings. The summed E-state index contributed by atoms with van der Waals surface area (Å²) in [4.78, 5) is 21.1. The maximum atomic E-state index is 10.6. The SMILES string of the molecule is O=C([O-])c1cc(Cl)c(Cl)cc1C(=O)O. The van der Waals surface area contributed by atoms with E-state index in [0.29, 0.717) is 0 Å². The third-order valence-corrected chi connectivity index (χ3v) is 2.23. The van der Waals surface area contributed by atoms with Crippen LogP contribution in [0.4, 0.5) is 0 Å². The van der Waals surface area contributed by atoms with E-state index in [1.165, 1.54) is 0 Å². The molecule has 1 N–H and O–H groups in total. The molecule has 0 saturated heterocycles. The van der Waals surface area contributed by atoms with Crippen molar-refractivity contribution in [3.63, 3.8) is 0 Å². The molecule has 0 unspecified atom stereocenters. The highest BCUT2D eigenvalue weighted by Gasteiger charge is 2.13. The van der Waals surface area contributed by atoms with Gasteiger partial charge in [0.05, 0.1) is 21.6 Å². The topological polar surface area (TPSA) is 77.4 Å². The molecule has 0 aliphatic carbocycles. The molecule has 0 bridgehead atoms. The fraction of sp³-hybridized carbons (Fsp3) is 0. The summed E-state index contributed by atoms with van der Waals surface area (Å²) in [5.74, 6) is -3.01. The minimum absolute atomic E-state index is 0.0194. The summed E-state index contributed by atoms with van der Waals surface area (Å²) in [7, 11) is 0. The van der Waals surface area contributed by atoms with Crippen molar-refractivity contribution in [2.75, 3.05) is 0 Å². The van der Waals surface area contributed by atoms with Gasteiger partial charge in [-0.05, 0) is 12.1 Å². The predicted octanol–water partition coefficient (Wildman–Crippen LogP) is 1.06. The smallest absolute Gasteiger partial charge is 0.336 e. The Labute approximate surface area is 88.7 Å². The molecule has 0 amide bonds. The van der Waals surface area contributed by atoms with Gasteiger partial charge in [-0.25, -0.2) is 4.79 Å². The number of hydrogen-bond acceptors (Lipinski definition) is 3. The lowest BCUT2D eigenvalue weighted by Crippen LogP contribution is -2.25. The summed E-state index contributed by atoms with van der Waals surface area (Å²) < 4.78 is 0. The molecule has 1 aromatic rings. The van der Waals surface area contributed by atoms with Crippen LogP contribution in [0.1, 0.15) is 20.7 Å². The quantitative estimate of drug-likeness (QED) is 0.829. The van der Waals surface area contributed by atoms with Crippen molar-refractivity contribution in [3.8, 4) is 0 Å². The molecule has 0 heterocycles. The first-order valence-electron chi connectivity index (χ1n) is 3.37. The molecule has 0 atom stereocenters. The normalized spacial score (nSPS) is 9.86. The van der Waals surface area contributed by atoms with E-state index in [0.717, 1.165) is 12.1 Å². The summed E-state index contributed by atoms with van der Waals surface area (Å²) in [6, 6.07) is 1.92. The Balaban J connectivity index is 3.46. The number of hydrogen-bond donors (Lipinski definition) is 1. The molecule has 4 nitrogen and oxygen atoms in total. The second-order valence-electron chi connectivity index (χ2n) is 2.40. The van der Waals surface area contributed by atoms with Crippen molar-refractivity contribution in [1.29, 1.82) is 0 Å². The highest BCUT2D eigenvalue weighted by Crippen LogP contribution is 2.25. The van der Waals surface area contributed by atoms with E-state index in [2.05, 4.69) is 0 Å². The number of halogens is 2. The van der Waals surface area contributed by atoms with Gasteiger partial charge in [-0.1, -0.05) is 23.2 Å². The molecule has 14 heavy (non-hydrogen) atoms. The van der Waals surface area contributed by atoms with Gasteiger partial charge in [0.1, 0.15) is 0 Å². The van der Waals surface area contributed by atoms with Crippen molar-refractivity contribution in [3.05, 3.63) is 33.3 Å². The Hall–Kier alpha value is -1.26. The lowest BCUT2D eigenvalue weighted by atomic mass is 10.1. The van der Waals surface area contributed by atoms with Crippen molar-refractivity contribution < 1.29 is 19.8 Å². The lowest BCUT2D eigenvalue weighted by Gasteiger charge is -2.08. The van der Waals surface area contributed by atoms with Gasteiger partial charge in [0.2, 0.25) is 0 Å². The molecule has 74 valence electrons. The van der Waals surface area contributed by atoms with E-state index in [1.807, 2.05) is 0 Å². The van der Waals surface area contributed by atoms with E-state index in [9.17, 15) is 14.7 Å². The first kappa shape index (κ1) is 10.8. The Morgan fingerprint density at radius 1 is 1.14 bits per heavy atom. The number of carboxylic acid groups (broad SMARTS) is 2. The van der Waals surface area contributed by atoms with Crippen LogP contribution in [-0.4, -0.2) is 17.0 Å². The van der Waals surface area contributed by atoms with Gasteiger partial charge in [-0.15, -0.1) is 0 Å². The number of carbonyl (C=O) groups excluding carboxylic acids is 1. The van der Waals surface area contributed by atoms with Gasteiger partial charge in [0.15, 0.2) is 0 Å². The molecule has 0 spiro atoms. The average molecular weight is 234 g/mol. The summed E-state index contributed by atoms with van der Waals surface area (Å²) in [5, 5.41) is 19.1. The molecule has 6 heteroatoms. The third-order valence-electron chi connectivity index (χ3n) is 1.51. The van der Waals surface area contributed by atoms with Crippen LogP contribution in [0.15, 0.2) is 12.1 Å². The minimum atomic E-state index is -1.61. The molecule has 0 saturated carbocycles. The van der Waals surface area contributed by atoms with Crippen LogP contribution >= 0.6 is 23.2 Å². The maximum absolute atomic E-state index is 10.6. The van der Waals surface area contributed by atoms with Crippen molar-refractivity contribution in [2.24, 2.45) is 0 Å². The zero-order valence-electron chi connectivity index (χ0n) is 6.58. The van der Waals surface area contributed by atoms with Gasteiger partial charge in [-0.3, -0.25) is 0 Å². The first-order chi connectivity index (χ1) is 6.43. The van der Waals surface area contributed by atoms with E-state index >= 15 is 0 Å². The fourth-order valence-electron chi connectivity index (χ4n) is 0.893. The number of aromatic carboxylic acids is 2. The van der Waals surface area contributed by atoms with Gasteiger partial charge in [-0.2, -0.15) is 0 Å². The Morgan fingerprint density at radius 3 is 1.93 bits per heavy atom. The number of carboxylic acids is 2. The zero-order chi connectivity index (χ0) is 10.9. The van der Waals surface area contributed by atoms with Crippen molar-refractivity contribution >= 4 is 35.1 Å². The molecule has 1 rings (SSSR count). The van der Waals surface area contributed by atoms with E-state index < -0.39 is 23.1 Å². The van der Waals surface area contributed by atoms with Gasteiger partial charge < -0.3 is 15.0 Å². The Kier molecular flexibility index (Phi) is 2.98. The summed E-state index contributed by atoms with van der Waals surface area (Å²) >= 11 is 11.0.